The number of ether oxygens (including phenoxy) is 1. The fourth-order valence-electron chi connectivity index (χ4n) is 3.89. The number of likely N-dealkylation sites (tertiary alicyclic amines) is 1. The molecule has 144 valence electrons. The van der Waals surface area contributed by atoms with Gasteiger partial charge in [0.1, 0.15) is 12.7 Å². The number of piperidine rings is 1. The SMILES string of the molecule is COCC(=O)N1CCCC(C(=O)N2CCN(c3ccccc3C#N)CC2)C1. The van der Waals surface area contributed by atoms with Crippen molar-refractivity contribution in [2.45, 2.75) is 12.8 Å². The van der Waals surface area contributed by atoms with Crippen LogP contribution in [0.2, 0.25) is 0 Å². The van der Waals surface area contributed by atoms with Crippen LogP contribution in [-0.4, -0.2) is 74.6 Å². The molecule has 0 spiro atoms. The number of hydrogen-bond donors (Lipinski definition) is 0. The van der Waals surface area contributed by atoms with Crippen molar-refractivity contribution in [3.8, 4) is 6.07 Å². The molecule has 2 aliphatic heterocycles. The summed E-state index contributed by atoms with van der Waals surface area (Å²) in [5, 5.41) is 9.29. The molecule has 1 aromatic rings. The van der Waals surface area contributed by atoms with Crippen molar-refractivity contribution >= 4 is 17.5 Å². The molecular weight excluding hydrogens is 344 g/mol. The predicted octanol–water partition coefficient (Wildman–Crippen LogP) is 1.09. The van der Waals surface area contributed by atoms with E-state index in [1.165, 1.54) is 7.11 Å². The van der Waals surface area contributed by atoms with Gasteiger partial charge in [0, 0.05) is 46.4 Å². The zero-order valence-electron chi connectivity index (χ0n) is 15.8. The number of nitrogens with zero attached hydrogens (tertiary/aromatic N) is 4. The van der Waals surface area contributed by atoms with E-state index in [1.54, 1.807) is 4.90 Å². The van der Waals surface area contributed by atoms with Crippen molar-refractivity contribution in [1.29, 1.82) is 5.26 Å². The first-order valence-corrected chi connectivity index (χ1v) is 9.43. The van der Waals surface area contributed by atoms with Gasteiger partial charge in [0.2, 0.25) is 11.8 Å². The van der Waals surface area contributed by atoms with Gasteiger partial charge in [0.15, 0.2) is 0 Å². The van der Waals surface area contributed by atoms with Gasteiger partial charge < -0.3 is 19.4 Å². The smallest absolute Gasteiger partial charge is 0.248 e. The summed E-state index contributed by atoms with van der Waals surface area (Å²) >= 11 is 0. The quantitative estimate of drug-likeness (QED) is 0.793. The van der Waals surface area contributed by atoms with Crippen molar-refractivity contribution in [1.82, 2.24) is 9.80 Å². The van der Waals surface area contributed by atoms with Gasteiger partial charge in [-0.25, -0.2) is 0 Å². The first kappa shape index (κ1) is 19.2. The number of para-hydroxylation sites is 1. The lowest BCUT2D eigenvalue weighted by Crippen LogP contribution is -2.53. The number of benzene rings is 1. The average molecular weight is 370 g/mol. The molecule has 0 aromatic heterocycles. The molecule has 0 N–H and O–H groups in total. The minimum absolute atomic E-state index is 0.0482. The molecule has 2 amide bonds. The summed E-state index contributed by atoms with van der Waals surface area (Å²) in [5.41, 5.74) is 1.60. The standard InChI is InChI=1S/C20H26N4O3/c1-27-15-19(25)24-8-4-6-17(14-24)20(26)23-11-9-22(10-12-23)18-7-3-2-5-16(18)13-21/h2-3,5,7,17H,4,6,8-12,14-15H2,1H3. The number of carbonyl (C=O) groups is 2. The van der Waals surface area contributed by atoms with Crippen LogP contribution in [0.1, 0.15) is 18.4 Å². The highest BCUT2D eigenvalue weighted by Crippen LogP contribution is 2.23. The molecule has 2 fully saturated rings. The van der Waals surface area contributed by atoms with E-state index >= 15 is 0 Å². The normalized spacial score (nSPS) is 20.3. The van der Waals surface area contributed by atoms with Gasteiger partial charge in [-0.15, -0.1) is 0 Å². The lowest BCUT2D eigenvalue weighted by atomic mass is 9.96. The van der Waals surface area contributed by atoms with Crippen LogP contribution in [0.15, 0.2) is 24.3 Å². The minimum Gasteiger partial charge on any atom is -0.375 e. The molecule has 1 aromatic carbocycles. The Morgan fingerprint density at radius 2 is 1.89 bits per heavy atom. The molecule has 0 radical (unpaired) electrons. The van der Waals surface area contributed by atoms with Crippen LogP contribution in [0.25, 0.3) is 0 Å². The molecule has 1 unspecified atom stereocenters. The van der Waals surface area contributed by atoms with E-state index in [2.05, 4.69) is 11.0 Å². The Hall–Kier alpha value is -2.59. The maximum absolute atomic E-state index is 12.9. The zero-order valence-corrected chi connectivity index (χ0v) is 15.8. The Morgan fingerprint density at radius 1 is 1.15 bits per heavy atom. The lowest BCUT2D eigenvalue weighted by molar-refractivity contribution is -0.142. The van der Waals surface area contributed by atoms with Crippen LogP contribution in [-0.2, 0) is 14.3 Å². The fourth-order valence-corrected chi connectivity index (χ4v) is 3.89. The number of anilines is 1. The minimum atomic E-state index is -0.127. The van der Waals surface area contributed by atoms with E-state index in [0.717, 1.165) is 18.5 Å². The maximum Gasteiger partial charge on any atom is 0.248 e. The van der Waals surface area contributed by atoms with Crippen molar-refractivity contribution in [3.05, 3.63) is 29.8 Å². The van der Waals surface area contributed by atoms with Gasteiger partial charge in [-0.05, 0) is 25.0 Å². The second-order valence-corrected chi connectivity index (χ2v) is 7.05. The molecule has 2 aliphatic rings. The Labute approximate surface area is 160 Å². The van der Waals surface area contributed by atoms with Crippen molar-refractivity contribution in [3.63, 3.8) is 0 Å². The van der Waals surface area contributed by atoms with Crippen molar-refractivity contribution in [2.24, 2.45) is 5.92 Å². The first-order valence-electron chi connectivity index (χ1n) is 9.43. The first-order chi connectivity index (χ1) is 13.1. The topological polar surface area (TPSA) is 76.9 Å². The van der Waals surface area contributed by atoms with E-state index in [9.17, 15) is 14.9 Å². The molecule has 27 heavy (non-hydrogen) atoms. The summed E-state index contributed by atoms with van der Waals surface area (Å²) < 4.78 is 4.93. The molecule has 0 aliphatic carbocycles. The third kappa shape index (κ3) is 4.40. The second-order valence-electron chi connectivity index (χ2n) is 7.05. The van der Waals surface area contributed by atoms with Gasteiger partial charge in [-0.1, -0.05) is 12.1 Å². The number of methoxy groups -OCH3 is 1. The molecule has 2 heterocycles. The van der Waals surface area contributed by atoms with E-state index in [0.29, 0.717) is 44.8 Å². The van der Waals surface area contributed by atoms with Crippen LogP contribution >= 0.6 is 0 Å². The Bertz CT molecular complexity index is 722. The summed E-state index contributed by atoms with van der Waals surface area (Å²) in [6, 6.07) is 9.80. The van der Waals surface area contributed by atoms with E-state index in [-0.39, 0.29) is 24.3 Å². The summed E-state index contributed by atoms with van der Waals surface area (Å²) in [6.07, 6.45) is 1.68. The largest absolute Gasteiger partial charge is 0.375 e. The summed E-state index contributed by atoms with van der Waals surface area (Å²) in [7, 11) is 1.51. The predicted molar refractivity (Wildman–Crippen MR) is 101 cm³/mol. The highest BCUT2D eigenvalue weighted by molar-refractivity contribution is 5.82. The summed E-state index contributed by atoms with van der Waals surface area (Å²) in [6.45, 7) is 3.95. The molecule has 3 rings (SSSR count). The molecule has 7 heteroatoms. The number of rotatable bonds is 4. The third-order valence-electron chi connectivity index (χ3n) is 5.35. The van der Waals surface area contributed by atoms with Gasteiger partial charge in [0.05, 0.1) is 17.2 Å². The van der Waals surface area contributed by atoms with Gasteiger partial charge in [0.25, 0.3) is 0 Å². The van der Waals surface area contributed by atoms with E-state index in [1.807, 2.05) is 29.2 Å². The second kappa shape index (κ2) is 8.87. The molecular formula is C20H26N4O3. The van der Waals surface area contributed by atoms with Crippen LogP contribution < -0.4 is 4.90 Å². The molecule has 0 bridgehead atoms. The van der Waals surface area contributed by atoms with Crippen LogP contribution in [0, 0.1) is 17.2 Å². The van der Waals surface area contributed by atoms with Crippen LogP contribution in [0.3, 0.4) is 0 Å². The van der Waals surface area contributed by atoms with Crippen LogP contribution in [0.5, 0.6) is 0 Å². The monoisotopic (exact) mass is 370 g/mol. The molecule has 1 atom stereocenters. The number of carbonyl (C=O) groups excluding carboxylic acids is 2. The number of hydrogen-bond acceptors (Lipinski definition) is 5. The average Bonchev–Trinajstić information content (AvgIpc) is 2.73. The molecule has 7 nitrogen and oxygen atoms in total. The Morgan fingerprint density at radius 3 is 2.59 bits per heavy atom. The van der Waals surface area contributed by atoms with Gasteiger partial charge >= 0.3 is 0 Å². The number of amides is 2. The number of piperazine rings is 1. The Balaban J connectivity index is 1.57. The highest BCUT2D eigenvalue weighted by atomic mass is 16.5. The van der Waals surface area contributed by atoms with Crippen molar-refractivity contribution < 1.29 is 14.3 Å². The lowest BCUT2D eigenvalue weighted by Gasteiger charge is -2.40. The Kier molecular flexibility index (Phi) is 6.30. The summed E-state index contributed by atoms with van der Waals surface area (Å²) in [5.74, 6) is -0.0384. The van der Waals surface area contributed by atoms with E-state index < -0.39 is 0 Å². The van der Waals surface area contributed by atoms with Crippen molar-refractivity contribution in [2.75, 3.05) is 57.9 Å². The van der Waals surface area contributed by atoms with Gasteiger partial charge in [-0.2, -0.15) is 5.26 Å². The summed E-state index contributed by atoms with van der Waals surface area (Å²) in [4.78, 5) is 30.8. The fraction of sp³-hybridized carbons (Fsp3) is 0.550. The van der Waals surface area contributed by atoms with E-state index in [4.69, 9.17) is 4.74 Å². The molecule has 2 saturated heterocycles. The maximum atomic E-state index is 12.9. The van der Waals surface area contributed by atoms with Crippen LogP contribution in [0.4, 0.5) is 5.69 Å². The third-order valence-corrected chi connectivity index (χ3v) is 5.35. The highest BCUT2D eigenvalue weighted by Gasteiger charge is 2.32. The molecule has 0 saturated carbocycles. The number of nitriles is 1. The van der Waals surface area contributed by atoms with Gasteiger partial charge in [-0.3, -0.25) is 9.59 Å². The zero-order chi connectivity index (χ0) is 19.2.